The number of fused-ring (bicyclic) bond motifs is 1. The standard InChI is InChI=1S/C22H24N2O5/c1-28-20-11-14(8-9-19(20)29-15-5-2-3-6-15)18(12-21(25)26)24-13-17-16(22(24)27)7-4-10-23-17/h4,7-11,13,15-16,18H,2-3,5-6,12H2,1H3,(H,25,26). The van der Waals surface area contributed by atoms with Gasteiger partial charge in [-0.15, -0.1) is 0 Å². The molecule has 7 heteroatoms. The molecule has 4 rings (SSSR count). The van der Waals surface area contributed by atoms with Crippen molar-refractivity contribution in [1.29, 1.82) is 0 Å². The highest BCUT2D eigenvalue weighted by Gasteiger charge is 2.38. The van der Waals surface area contributed by atoms with Gasteiger partial charge in [-0.2, -0.15) is 0 Å². The number of carboxylic acids is 1. The highest BCUT2D eigenvalue weighted by atomic mass is 16.5. The maximum absolute atomic E-state index is 12.9. The maximum atomic E-state index is 12.9. The first-order valence-electron chi connectivity index (χ1n) is 9.88. The van der Waals surface area contributed by atoms with Crippen LogP contribution in [0, 0.1) is 5.92 Å². The summed E-state index contributed by atoms with van der Waals surface area (Å²) in [4.78, 5) is 30.2. The van der Waals surface area contributed by atoms with Gasteiger partial charge in [0.1, 0.15) is 5.92 Å². The highest BCUT2D eigenvalue weighted by molar-refractivity contribution is 5.91. The lowest BCUT2D eigenvalue weighted by Crippen LogP contribution is -2.31. The largest absolute Gasteiger partial charge is 0.493 e. The number of carbonyl (C=O) groups is 2. The third kappa shape index (κ3) is 3.90. The Morgan fingerprint density at radius 1 is 1.31 bits per heavy atom. The molecule has 1 N–H and O–H groups in total. The Bertz CT molecular complexity index is 898. The van der Waals surface area contributed by atoms with Gasteiger partial charge in [-0.3, -0.25) is 14.6 Å². The summed E-state index contributed by atoms with van der Waals surface area (Å²) in [5.41, 5.74) is 1.31. The van der Waals surface area contributed by atoms with Crippen molar-refractivity contribution in [2.24, 2.45) is 10.9 Å². The zero-order valence-corrected chi connectivity index (χ0v) is 16.3. The van der Waals surface area contributed by atoms with Gasteiger partial charge < -0.3 is 19.5 Å². The van der Waals surface area contributed by atoms with Gasteiger partial charge in [0.25, 0.3) is 0 Å². The van der Waals surface area contributed by atoms with E-state index in [9.17, 15) is 14.7 Å². The van der Waals surface area contributed by atoms with Crippen LogP contribution in [0.2, 0.25) is 0 Å². The topological polar surface area (TPSA) is 88.4 Å². The molecule has 152 valence electrons. The van der Waals surface area contributed by atoms with Crippen molar-refractivity contribution < 1.29 is 24.2 Å². The van der Waals surface area contributed by atoms with Crippen LogP contribution in [0.4, 0.5) is 0 Å². The first-order valence-corrected chi connectivity index (χ1v) is 9.88. The molecule has 3 aliphatic rings. The number of methoxy groups -OCH3 is 1. The van der Waals surface area contributed by atoms with E-state index in [-0.39, 0.29) is 18.4 Å². The van der Waals surface area contributed by atoms with Crippen LogP contribution in [-0.4, -0.2) is 41.3 Å². The molecule has 1 amide bonds. The number of rotatable bonds is 7. The molecule has 2 unspecified atom stereocenters. The van der Waals surface area contributed by atoms with Crippen LogP contribution in [0.5, 0.6) is 11.5 Å². The fourth-order valence-corrected chi connectivity index (χ4v) is 4.12. The van der Waals surface area contributed by atoms with E-state index >= 15 is 0 Å². The molecular formula is C22H24N2O5. The van der Waals surface area contributed by atoms with Crippen LogP contribution in [0.1, 0.15) is 43.7 Å². The van der Waals surface area contributed by atoms with Gasteiger partial charge in [0.2, 0.25) is 5.91 Å². The van der Waals surface area contributed by atoms with Gasteiger partial charge in [0.05, 0.1) is 31.4 Å². The second-order valence-corrected chi connectivity index (χ2v) is 7.49. The van der Waals surface area contributed by atoms with E-state index in [0.29, 0.717) is 22.8 Å². The monoisotopic (exact) mass is 396 g/mol. The van der Waals surface area contributed by atoms with Crippen LogP contribution in [0.15, 0.2) is 47.2 Å². The van der Waals surface area contributed by atoms with E-state index in [4.69, 9.17) is 9.47 Å². The second kappa shape index (κ2) is 8.11. The Hall–Kier alpha value is -3.09. The van der Waals surface area contributed by atoms with Crippen molar-refractivity contribution in [2.45, 2.75) is 44.2 Å². The molecule has 2 aliphatic heterocycles. The van der Waals surface area contributed by atoms with Gasteiger partial charge in [-0.05, 0) is 49.5 Å². The Labute approximate surface area is 169 Å². The van der Waals surface area contributed by atoms with Crippen molar-refractivity contribution in [3.8, 4) is 11.5 Å². The number of benzene rings is 1. The molecule has 0 aromatic heterocycles. The van der Waals surface area contributed by atoms with Crippen LogP contribution in [-0.2, 0) is 9.59 Å². The van der Waals surface area contributed by atoms with E-state index in [1.54, 1.807) is 43.8 Å². The molecule has 2 atom stereocenters. The molecule has 1 fully saturated rings. The molecule has 1 aromatic rings. The van der Waals surface area contributed by atoms with Gasteiger partial charge in [0, 0.05) is 12.4 Å². The summed E-state index contributed by atoms with van der Waals surface area (Å²) in [7, 11) is 1.56. The average Bonchev–Trinajstić information content (AvgIpc) is 3.35. The fourth-order valence-electron chi connectivity index (χ4n) is 4.12. The van der Waals surface area contributed by atoms with Gasteiger partial charge in [0.15, 0.2) is 11.5 Å². The van der Waals surface area contributed by atoms with Crippen molar-refractivity contribution >= 4 is 18.1 Å². The number of nitrogens with zero attached hydrogens (tertiary/aromatic N) is 2. The van der Waals surface area contributed by atoms with E-state index in [0.717, 1.165) is 25.7 Å². The number of hydrogen-bond donors (Lipinski definition) is 1. The lowest BCUT2D eigenvalue weighted by molar-refractivity contribution is -0.139. The number of carboxylic acid groups (broad SMARTS) is 1. The first-order chi connectivity index (χ1) is 14.1. The molecule has 0 bridgehead atoms. The van der Waals surface area contributed by atoms with E-state index < -0.39 is 17.9 Å². The normalized spacial score (nSPS) is 21.8. The smallest absolute Gasteiger partial charge is 0.305 e. The lowest BCUT2D eigenvalue weighted by Gasteiger charge is -2.27. The Morgan fingerprint density at radius 2 is 2.10 bits per heavy atom. The van der Waals surface area contributed by atoms with E-state index in [1.165, 1.54) is 4.90 Å². The summed E-state index contributed by atoms with van der Waals surface area (Å²) in [6.07, 6.45) is 11.1. The predicted octanol–water partition coefficient (Wildman–Crippen LogP) is 3.47. The summed E-state index contributed by atoms with van der Waals surface area (Å²) < 4.78 is 11.6. The number of aliphatic carboxylic acids is 1. The van der Waals surface area contributed by atoms with Crippen molar-refractivity contribution in [1.82, 2.24) is 4.90 Å². The third-order valence-electron chi connectivity index (χ3n) is 5.60. The predicted molar refractivity (Wildman–Crippen MR) is 107 cm³/mol. The minimum Gasteiger partial charge on any atom is -0.493 e. The molecule has 7 nitrogen and oxygen atoms in total. The number of aliphatic imine (C=N–C) groups is 1. The second-order valence-electron chi connectivity index (χ2n) is 7.49. The molecule has 0 radical (unpaired) electrons. The summed E-state index contributed by atoms with van der Waals surface area (Å²) in [6.45, 7) is 0. The molecular weight excluding hydrogens is 372 g/mol. The van der Waals surface area contributed by atoms with Crippen molar-refractivity contribution in [3.05, 3.63) is 47.8 Å². The molecule has 1 aliphatic carbocycles. The molecule has 0 spiro atoms. The Morgan fingerprint density at radius 3 is 2.79 bits per heavy atom. The summed E-state index contributed by atoms with van der Waals surface area (Å²) in [5, 5.41) is 9.46. The van der Waals surface area contributed by atoms with Crippen molar-refractivity contribution in [3.63, 3.8) is 0 Å². The van der Waals surface area contributed by atoms with Gasteiger partial charge >= 0.3 is 5.97 Å². The zero-order chi connectivity index (χ0) is 20.4. The maximum Gasteiger partial charge on any atom is 0.305 e. The Balaban J connectivity index is 1.64. The highest BCUT2D eigenvalue weighted by Crippen LogP contribution is 2.39. The number of allylic oxidation sites excluding steroid dienone is 1. The summed E-state index contributed by atoms with van der Waals surface area (Å²) in [5.74, 6) is -0.433. The molecule has 1 saturated carbocycles. The molecule has 1 aromatic carbocycles. The number of hydrogen-bond acceptors (Lipinski definition) is 5. The minimum atomic E-state index is -0.986. The van der Waals surface area contributed by atoms with Gasteiger partial charge in [-0.25, -0.2) is 0 Å². The summed E-state index contributed by atoms with van der Waals surface area (Å²) in [6, 6.07) is 4.73. The van der Waals surface area contributed by atoms with E-state index in [2.05, 4.69) is 4.99 Å². The molecule has 2 heterocycles. The Kier molecular flexibility index (Phi) is 5.38. The van der Waals surface area contributed by atoms with Crippen LogP contribution >= 0.6 is 0 Å². The van der Waals surface area contributed by atoms with Crippen LogP contribution in [0.3, 0.4) is 0 Å². The number of ether oxygens (including phenoxy) is 2. The lowest BCUT2D eigenvalue weighted by atomic mass is 10.0. The number of dihydropyridines is 1. The van der Waals surface area contributed by atoms with Gasteiger partial charge in [-0.1, -0.05) is 12.1 Å². The van der Waals surface area contributed by atoms with E-state index in [1.807, 2.05) is 6.07 Å². The average molecular weight is 396 g/mol. The quantitative estimate of drug-likeness (QED) is 0.762. The van der Waals surface area contributed by atoms with Crippen LogP contribution < -0.4 is 9.47 Å². The zero-order valence-electron chi connectivity index (χ0n) is 16.3. The van der Waals surface area contributed by atoms with Crippen molar-refractivity contribution in [2.75, 3.05) is 7.11 Å². The molecule has 29 heavy (non-hydrogen) atoms. The minimum absolute atomic E-state index is 0.176. The fraction of sp³-hybridized carbons (Fsp3) is 0.409. The first kappa shape index (κ1) is 19.2. The number of amides is 1. The third-order valence-corrected chi connectivity index (χ3v) is 5.60. The molecule has 0 saturated heterocycles. The number of carbonyl (C=O) groups excluding carboxylic acids is 1. The van der Waals surface area contributed by atoms with Crippen LogP contribution in [0.25, 0.3) is 0 Å². The SMILES string of the molecule is COc1cc(C(CC(=O)O)N2C=C3N=CC=CC3C2=O)ccc1OC1CCCC1. The summed E-state index contributed by atoms with van der Waals surface area (Å²) >= 11 is 0.